The van der Waals surface area contributed by atoms with Gasteiger partial charge < -0.3 is 38.7 Å². The SMILES string of the molecule is CC(C)N1CCC2(C1)C(CC(C)N1CCC3(CCN(C(=O)OC(C)(C)C)C3)C1)CCN2C(=O)OC(C)(C)CCCN1CCCCCN(C(=O)OC(C)(C)C)CCCC1. The van der Waals surface area contributed by atoms with E-state index >= 15 is 0 Å². The molecule has 0 aromatic rings. The van der Waals surface area contributed by atoms with Crippen LogP contribution >= 0.6 is 0 Å². The number of amides is 3. The van der Waals surface area contributed by atoms with E-state index in [1.54, 1.807) is 0 Å². The first-order valence-electron chi connectivity index (χ1n) is 23.3. The van der Waals surface area contributed by atoms with Gasteiger partial charge in [0, 0.05) is 69.9 Å². The number of ether oxygens (including phenoxy) is 3. The first-order chi connectivity index (χ1) is 27.1. The average Bonchev–Trinajstić information content (AvgIpc) is 3.90. The lowest BCUT2D eigenvalue weighted by Gasteiger charge is -2.42. The minimum Gasteiger partial charge on any atom is -0.444 e. The van der Waals surface area contributed by atoms with Crippen molar-refractivity contribution in [1.82, 2.24) is 29.4 Å². The van der Waals surface area contributed by atoms with Gasteiger partial charge in [-0.3, -0.25) is 4.90 Å². The molecule has 5 aliphatic rings. The van der Waals surface area contributed by atoms with E-state index in [0.29, 0.717) is 18.0 Å². The molecule has 5 aliphatic heterocycles. The Labute approximate surface area is 353 Å². The summed E-state index contributed by atoms with van der Waals surface area (Å²) >= 11 is 0. The summed E-state index contributed by atoms with van der Waals surface area (Å²) in [6, 6.07) is 0.842. The zero-order valence-electron chi connectivity index (χ0n) is 38.8. The number of rotatable bonds is 9. The summed E-state index contributed by atoms with van der Waals surface area (Å²) < 4.78 is 17.9. The molecule has 0 aromatic carbocycles. The van der Waals surface area contributed by atoms with Crippen molar-refractivity contribution < 1.29 is 28.6 Å². The number of carbonyl (C=O) groups excluding carboxylic acids is 3. The summed E-state index contributed by atoms with van der Waals surface area (Å²) in [5.41, 5.74) is -1.57. The molecule has 5 heterocycles. The van der Waals surface area contributed by atoms with Crippen molar-refractivity contribution in [3.63, 3.8) is 0 Å². The van der Waals surface area contributed by atoms with Gasteiger partial charge in [0.2, 0.25) is 0 Å². The standard InChI is InChI=1S/C46H84N6O6/c1-36(2)49-31-22-46(35-49)38(32-37(3)50-29-20-45(33-50)21-30-51(34-45)40(54)57-43(7,8)9)18-28-52(46)41(55)58-44(10,11)19-17-25-47-23-13-12-14-26-48(27-16-15-24-47)39(53)56-42(4,5)6/h36-38H,12-35H2,1-11H3. The lowest BCUT2D eigenvalue weighted by atomic mass is 9.79. The summed E-state index contributed by atoms with van der Waals surface area (Å²) in [5.74, 6) is 0.418. The van der Waals surface area contributed by atoms with Crippen molar-refractivity contribution in [1.29, 1.82) is 0 Å². The van der Waals surface area contributed by atoms with Crippen LogP contribution in [0.1, 0.15) is 153 Å². The molecule has 12 heteroatoms. The fraction of sp³-hybridized carbons (Fsp3) is 0.935. The third-order valence-electron chi connectivity index (χ3n) is 13.9. The number of hydrogen-bond donors (Lipinski definition) is 0. The Morgan fingerprint density at radius 3 is 1.84 bits per heavy atom. The van der Waals surface area contributed by atoms with Crippen LogP contribution in [-0.4, -0.2) is 161 Å². The third kappa shape index (κ3) is 12.6. The van der Waals surface area contributed by atoms with Crippen molar-refractivity contribution in [2.75, 3.05) is 78.5 Å². The molecule has 0 aromatic heterocycles. The highest BCUT2D eigenvalue weighted by molar-refractivity contribution is 5.70. The van der Waals surface area contributed by atoms with Gasteiger partial charge in [-0.2, -0.15) is 0 Å². The van der Waals surface area contributed by atoms with E-state index in [0.717, 1.165) is 156 Å². The second-order valence-corrected chi connectivity index (χ2v) is 21.8. The van der Waals surface area contributed by atoms with Gasteiger partial charge in [-0.05, 0) is 179 Å². The molecule has 0 aliphatic carbocycles. The molecule has 5 saturated heterocycles. The zero-order chi connectivity index (χ0) is 42.5. The topological polar surface area (TPSA) is 98.3 Å². The highest BCUT2D eigenvalue weighted by Crippen LogP contribution is 2.47. The molecular weight excluding hydrogens is 733 g/mol. The molecular formula is C46H84N6O6. The molecule has 0 N–H and O–H groups in total. The van der Waals surface area contributed by atoms with E-state index in [1.165, 1.54) is 0 Å². The minimum absolute atomic E-state index is 0.135. The smallest absolute Gasteiger partial charge is 0.410 e. The Morgan fingerprint density at radius 1 is 0.621 bits per heavy atom. The summed E-state index contributed by atoms with van der Waals surface area (Å²) in [4.78, 5) is 53.8. The second-order valence-electron chi connectivity index (χ2n) is 21.8. The van der Waals surface area contributed by atoms with Crippen LogP contribution in [0.3, 0.4) is 0 Å². The van der Waals surface area contributed by atoms with E-state index in [4.69, 9.17) is 14.2 Å². The predicted octanol–water partition coefficient (Wildman–Crippen LogP) is 8.47. The molecule has 0 bridgehead atoms. The summed E-state index contributed by atoms with van der Waals surface area (Å²) in [7, 11) is 0. The van der Waals surface area contributed by atoms with Crippen LogP contribution in [0.5, 0.6) is 0 Å². The highest BCUT2D eigenvalue weighted by atomic mass is 16.6. The summed E-state index contributed by atoms with van der Waals surface area (Å²) in [5, 5.41) is 0. The molecule has 3 amide bonds. The number of nitrogens with zero attached hydrogens (tertiary/aromatic N) is 6. The highest BCUT2D eigenvalue weighted by Gasteiger charge is 2.56. The maximum atomic E-state index is 14.3. The molecule has 4 atom stereocenters. The van der Waals surface area contributed by atoms with Crippen LogP contribution in [0.15, 0.2) is 0 Å². The summed E-state index contributed by atoms with van der Waals surface area (Å²) in [6.45, 7) is 33.6. The van der Waals surface area contributed by atoms with Crippen LogP contribution in [0.25, 0.3) is 0 Å². The molecule has 2 spiro atoms. The Hall–Kier alpha value is -2.31. The Balaban J connectivity index is 1.13. The quantitative estimate of drug-likeness (QED) is 0.212. The molecule has 0 saturated carbocycles. The van der Waals surface area contributed by atoms with Gasteiger partial charge in [0.05, 0.1) is 5.54 Å². The van der Waals surface area contributed by atoms with Crippen molar-refractivity contribution in [3.8, 4) is 0 Å². The van der Waals surface area contributed by atoms with E-state index in [2.05, 4.69) is 54.2 Å². The van der Waals surface area contributed by atoms with Gasteiger partial charge in [-0.15, -0.1) is 0 Å². The Morgan fingerprint density at radius 2 is 1.21 bits per heavy atom. The lowest BCUT2D eigenvalue weighted by molar-refractivity contribution is -0.0134. The minimum atomic E-state index is -0.555. The fourth-order valence-corrected chi connectivity index (χ4v) is 10.6. The van der Waals surface area contributed by atoms with Crippen LogP contribution in [-0.2, 0) is 14.2 Å². The number of likely N-dealkylation sites (tertiary alicyclic amines) is 4. The Kier molecular flexibility index (Phi) is 15.5. The predicted molar refractivity (Wildman–Crippen MR) is 231 cm³/mol. The second kappa shape index (κ2) is 19.2. The zero-order valence-corrected chi connectivity index (χ0v) is 38.8. The van der Waals surface area contributed by atoms with Crippen LogP contribution in [0.4, 0.5) is 14.4 Å². The third-order valence-corrected chi connectivity index (χ3v) is 13.9. The van der Waals surface area contributed by atoms with Crippen LogP contribution in [0, 0.1) is 11.3 Å². The van der Waals surface area contributed by atoms with E-state index in [-0.39, 0.29) is 29.2 Å². The lowest BCUT2D eigenvalue weighted by Crippen LogP contribution is -2.55. The first-order valence-corrected chi connectivity index (χ1v) is 23.3. The molecule has 5 fully saturated rings. The van der Waals surface area contributed by atoms with E-state index in [9.17, 15) is 14.4 Å². The molecule has 58 heavy (non-hydrogen) atoms. The van der Waals surface area contributed by atoms with Crippen molar-refractivity contribution in [2.24, 2.45) is 11.3 Å². The van der Waals surface area contributed by atoms with Gasteiger partial charge >= 0.3 is 18.3 Å². The number of hydrogen-bond acceptors (Lipinski definition) is 9. The maximum absolute atomic E-state index is 14.3. The van der Waals surface area contributed by atoms with Crippen molar-refractivity contribution >= 4 is 18.3 Å². The molecule has 5 rings (SSSR count). The van der Waals surface area contributed by atoms with Gasteiger partial charge in [0.1, 0.15) is 16.8 Å². The van der Waals surface area contributed by atoms with Crippen molar-refractivity contribution in [2.45, 2.75) is 188 Å². The normalized spacial score (nSPS) is 28.1. The van der Waals surface area contributed by atoms with Crippen LogP contribution < -0.4 is 0 Å². The molecule has 334 valence electrons. The number of carbonyl (C=O) groups is 3. The van der Waals surface area contributed by atoms with Crippen molar-refractivity contribution in [3.05, 3.63) is 0 Å². The molecule has 0 radical (unpaired) electrons. The molecule has 12 nitrogen and oxygen atoms in total. The first kappa shape index (κ1) is 46.8. The summed E-state index contributed by atoms with van der Waals surface area (Å²) in [6.07, 6.45) is 11.8. The van der Waals surface area contributed by atoms with Gasteiger partial charge in [-0.1, -0.05) is 6.42 Å². The fourth-order valence-electron chi connectivity index (χ4n) is 10.6. The Bertz CT molecular complexity index is 1380. The van der Waals surface area contributed by atoms with Gasteiger partial charge in [0.15, 0.2) is 0 Å². The monoisotopic (exact) mass is 817 g/mol. The van der Waals surface area contributed by atoms with E-state index in [1.807, 2.05) is 51.3 Å². The average molecular weight is 817 g/mol. The van der Waals surface area contributed by atoms with E-state index < -0.39 is 16.8 Å². The molecule has 4 unspecified atom stereocenters. The maximum Gasteiger partial charge on any atom is 0.410 e. The van der Waals surface area contributed by atoms with Gasteiger partial charge in [-0.25, -0.2) is 14.4 Å². The van der Waals surface area contributed by atoms with Gasteiger partial charge in [0.25, 0.3) is 0 Å². The largest absolute Gasteiger partial charge is 0.444 e. The van der Waals surface area contributed by atoms with Crippen LogP contribution in [0.2, 0.25) is 0 Å².